The Balaban J connectivity index is 0.000000364. The van der Waals surface area contributed by atoms with Crippen molar-refractivity contribution in [1.82, 2.24) is 0 Å². The molecule has 0 spiro atoms. The van der Waals surface area contributed by atoms with Crippen LogP contribution in [0, 0.1) is 0 Å². The predicted octanol–water partition coefficient (Wildman–Crippen LogP) is 1.97. The Labute approximate surface area is 84.3 Å². The Morgan fingerprint density at radius 3 is 2.21 bits per heavy atom. The van der Waals surface area contributed by atoms with Gasteiger partial charge in [0.05, 0.1) is 6.42 Å². The van der Waals surface area contributed by atoms with Gasteiger partial charge in [0.25, 0.3) is 0 Å². The number of hydrogen-bond donors (Lipinski definition) is 1. The molecule has 0 amide bonds. The van der Waals surface area contributed by atoms with Gasteiger partial charge < -0.3 is 9.84 Å². The second-order valence-electron chi connectivity index (χ2n) is 2.63. The van der Waals surface area contributed by atoms with E-state index in [1.807, 2.05) is 25.1 Å². The Hall–Kier alpha value is -1.35. The monoisotopic (exact) mass is 196 g/mol. The molecule has 0 saturated carbocycles. The summed E-state index contributed by atoms with van der Waals surface area (Å²) in [6.45, 7) is 2.78. The molecular weight excluding hydrogens is 180 g/mol. The Bertz CT molecular complexity index is 242. The van der Waals surface area contributed by atoms with Gasteiger partial charge in [0.1, 0.15) is 0 Å². The van der Waals surface area contributed by atoms with E-state index in [1.54, 1.807) is 19.2 Å². The first-order chi connectivity index (χ1) is 6.70. The van der Waals surface area contributed by atoms with Gasteiger partial charge in [-0.25, -0.2) is 0 Å². The lowest BCUT2D eigenvalue weighted by Gasteiger charge is -1.92. The SMILES string of the molecule is CCOC.O=C(O)Cc1ccccc1. The highest BCUT2D eigenvalue weighted by atomic mass is 16.5. The normalized spacial score (nSPS) is 8.71. The van der Waals surface area contributed by atoms with Crippen LogP contribution >= 0.6 is 0 Å². The molecule has 0 atom stereocenters. The van der Waals surface area contributed by atoms with Gasteiger partial charge in [-0.2, -0.15) is 0 Å². The van der Waals surface area contributed by atoms with Gasteiger partial charge in [-0.1, -0.05) is 30.3 Å². The summed E-state index contributed by atoms with van der Waals surface area (Å²) in [4.78, 5) is 10.2. The largest absolute Gasteiger partial charge is 0.481 e. The molecule has 0 aliphatic carbocycles. The van der Waals surface area contributed by atoms with Crippen LogP contribution in [0.3, 0.4) is 0 Å². The number of hydrogen-bond acceptors (Lipinski definition) is 2. The van der Waals surface area contributed by atoms with Crippen LogP contribution in [0.5, 0.6) is 0 Å². The highest BCUT2D eigenvalue weighted by Gasteiger charge is 1.96. The molecule has 1 aromatic carbocycles. The van der Waals surface area contributed by atoms with Crippen molar-refractivity contribution < 1.29 is 14.6 Å². The number of carboxylic acid groups (broad SMARTS) is 1. The van der Waals surface area contributed by atoms with Crippen molar-refractivity contribution in [3.8, 4) is 0 Å². The standard InChI is InChI=1S/C8H8O2.C3H8O/c9-8(10)6-7-4-2-1-3-5-7;1-3-4-2/h1-5H,6H2,(H,9,10);3H2,1-2H3. The molecule has 14 heavy (non-hydrogen) atoms. The van der Waals surface area contributed by atoms with Crippen LogP contribution in [0.2, 0.25) is 0 Å². The van der Waals surface area contributed by atoms with E-state index in [9.17, 15) is 4.79 Å². The van der Waals surface area contributed by atoms with Crippen molar-refractivity contribution in [2.24, 2.45) is 0 Å². The van der Waals surface area contributed by atoms with Crippen LogP contribution in [0.25, 0.3) is 0 Å². The predicted molar refractivity (Wildman–Crippen MR) is 55.3 cm³/mol. The van der Waals surface area contributed by atoms with E-state index in [1.165, 1.54) is 0 Å². The first-order valence-corrected chi connectivity index (χ1v) is 4.45. The zero-order valence-corrected chi connectivity index (χ0v) is 8.56. The average molecular weight is 196 g/mol. The van der Waals surface area contributed by atoms with E-state index in [-0.39, 0.29) is 6.42 Å². The number of aliphatic carboxylic acids is 1. The van der Waals surface area contributed by atoms with Crippen LogP contribution in [0.15, 0.2) is 30.3 Å². The zero-order chi connectivity index (χ0) is 10.8. The fourth-order valence-corrected chi connectivity index (χ4v) is 0.770. The Morgan fingerprint density at radius 2 is 1.86 bits per heavy atom. The first-order valence-electron chi connectivity index (χ1n) is 4.45. The van der Waals surface area contributed by atoms with E-state index in [4.69, 9.17) is 5.11 Å². The minimum absolute atomic E-state index is 0.112. The van der Waals surface area contributed by atoms with Crippen LogP contribution < -0.4 is 0 Å². The second-order valence-corrected chi connectivity index (χ2v) is 2.63. The summed E-state index contributed by atoms with van der Waals surface area (Å²) < 4.78 is 4.54. The summed E-state index contributed by atoms with van der Waals surface area (Å²) >= 11 is 0. The second kappa shape index (κ2) is 8.26. The number of methoxy groups -OCH3 is 1. The van der Waals surface area contributed by atoms with Gasteiger partial charge in [-0.15, -0.1) is 0 Å². The molecule has 0 radical (unpaired) electrons. The van der Waals surface area contributed by atoms with Crippen molar-refractivity contribution in [1.29, 1.82) is 0 Å². The fraction of sp³-hybridized carbons (Fsp3) is 0.364. The molecule has 1 aromatic rings. The molecule has 78 valence electrons. The quantitative estimate of drug-likeness (QED) is 0.803. The van der Waals surface area contributed by atoms with Gasteiger partial charge in [0.15, 0.2) is 0 Å². The van der Waals surface area contributed by atoms with Crippen LogP contribution in [0.4, 0.5) is 0 Å². The molecule has 0 bridgehead atoms. The lowest BCUT2D eigenvalue weighted by Crippen LogP contribution is -1.98. The smallest absolute Gasteiger partial charge is 0.307 e. The highest BCUT2D eigenvalue weighted by Crippen LogP contribution is 1.98. The van der Waals surface area contributed by atoms with E-state index >= 15 is 0 Å². The fourth-order valence-electron chi connectivity index (χ4n) is 0.770. The van der Waals surface area contributed by atoms with Gasteiger partial charge in [-0.05, 0) is 12.5 Å². The Kier molecular flexibility index (Phi) is 7.46. The number of benzene rings is 1. The highest BCUT2D eigenvalue weighted by molar-refractivity contribution is 5.70. The lowest BCUT2D eigenvalue weighted by molar-refractivity contribution is -0.136. The third-order valence-corrected chi connectivity index (χ3v) is 1.49. The number of carboxylic acids is 1. The van der Waals surface area contributed by atoms with Crippen molar-refractivity contribution in [2.45, 2.75) is 13.3 Å². The van der Waals surface area contributed by atoms with Crippen LogP contribution in [-0.2, 0) is 16.0 Å². The molecule has 3 heteroatoms. The topological polar surface area (TPSA) is 46.5 Å². The summed E-state index contributed by atoms with van der Waals surface area (Å²) in [5.74, 6) is -0.786. The van der Waals surface area contributed by atoms with Crippen LogP contribution in [0.1, 0.15) is 12.5 Å². The molecule has 3 nitrogen and oxygen atoms in total. The lowest BCUT2D eigenvalue weighted by atomic mass is 10.2. The molecule has 1 N–H and O–H groups in total. The maximum Gasteiger partial charge on any atom is 0.307 e. The minimum atomic E-state index is -0.786. The minimum Gasteiger partial charge on any atom is -0.481 e. The maximum atomic E-state index is 10.2. The van der Waals surface area contributed by atoms with Gasteiger partial charge in [0, 0.05) is 13.7 Å². The van der Waals surface area contributed by atoms with E-state index in [0.717, 1.165) is 12.2 Å². The van der Waals surface area contributed by atoms with Crippen molar-refractivity contribution in [3.63, 3.8) is 0 Å². The number of rotatable bonds is 3. The average Bonchev–Trinajstić information content (AvgIpc) is 2.19. The number of carbonyl (C=O) groups is 1. The summed E-state index contributed by atoms with van der Waals surface area (Å²) in [7, 11) is 1.68. The van der Waals surface area contributed by atoms with Gasteiger partial charge in [0.2, 0.25) is 0 Å². The van der Waals surface area contributed by atoms with Crippen molar-refractivity contribution in [3.05, 3.63) is 35.9 Å². The van der Waals surface area contributed by atoms with E-state index in [2.05, 4.69) is 4.74 Å². The van der Waals surface area contributed by atoms with E-state index < -0.39 is 5.97 Å². The molecule has 0 unspecified atom stereocenters. The molecule has 0 heterocycles. The summed E-state index contributed by atoms with van der Waals surface area (Å²) in [6, 6.07) is 9.13. The van der Waals surface area contributed by atoms with Gasteiger partial charge >= 0.3 is 5.97 Å². The summed E-state index contributed by atoms with van der Waals surface area (Å²) in [6.07, 6.45) is 0.112. The number of ether oxygens (including phenoxy) is 1. The molecule has 0 aromatic heterocycles. The molecule has 0 aliphatic heterocycles. The third kappa shape index (κ3) is 7.31. The molecule has 0 aliphatic rings. The third-order valence-electron chi connectivity index (χ3n) is 1.49. The maximum absolute atomic E-state index is 10.2. The summed E-state index contributed by atoms with van der Waals surface area (Å²) in [5, 5.41) is 8.37. The van der Waals surface area contributed by atoms with E-state index in [0.29, 0.717) is 0 Å². The first kappa shape index (κ1) is 12.7. The van der Waals surface area contributed by atoms with Crippen molar-refractivity contribution in [2.75, 3.05) is 13.7 Å². The molecule has 0 fully saturated rings. The van der Waals surface area contributed by atoms with Crippen LogP contribution in [-0.4, -0.2) is 24.8 Å². The molecular formula is C11H16O3. The Morgan fingerprint density at radius 1 is 1.36 bits per heavy atom. The molecule has 0 saturated heterocycles. The zero-order valence-electron chi connectivity index (χ0n) is 8.56. The molecule has 1 rings (SSSR count). The summed E-state index contributed by atoms with van der Waals surface area (Å²) in [5.41, 5.74) is 0.843. The van der Waals surface area contributed by atoms with Gasteiger partial charge in [-0.3, -0.25) is 4.79 Å². The van der Waals surface area contributed by atoms with Crippen molar-refractivity contribution >= 4 is 5.97 Å².